The van der Waals surface area contributed by atoms with E-state index >= 15 is 0 Å². The molecule has 3 aromatic carbocycles. The van der Waals surface area contributed by atoms with Crippen molar-refractivity contribution in [1.29, 1.82) is 0 Å². The molecule has 5 rings (SSSR count). The summed E-state index contributed by atoms with van der Waals surface area (Å²) in [6, 6.07) is 25.4. The molecule has 0 amide bonds. The Kier molecular flexibility index (Phi) is 6.53. The summed E-state index contributed by atoms with van der Waals surface area (Å²) in [5, 5.41) is 0. The van der Waals surface area contributed by atoms with Gasteiger partial charge in [-0.05, 0) is 85.4 Å². The molecule has 0 N–H and O–H groups in total. The molecule has 2 aliphatic rings. The SMILES string of the molecule is CC1(C)CC=C(C#Cc2ccccc2)c2cc(/C=C/c3ccc(B4OC(C)(C)C(C)(C)O4)cc3)ccc21. The molecule has 0 atom stereocenters. The first kappa shape index (κ1) is 25.3. The van der Waals surface area contributed by atoms with Crippen molar-refractivity contribution >= 4 is 30.3 Å². The van der Waals surface area contributed by atoms with Gasteiger partial charge in [0.05, 0.1) is 11.2 Å². The minimum absolute atomic E-state index is 0.0961. The maximum Gasteiger partial charge on any atom is 0.494 e. The summed E-state index contributed by atoms with van der Waals surface area (Å²) < 4.78 is 12.4. The van der Waals surface area contributed by atoms with Gasteiger partial charge in [0.15, 0.2) is 0 Å². The maximum absolute atomic E-state index is 6.19. The summed E-state index contributed by atoms with van der Waals surface area (Å²) in [7, 11) is -0.339. The molecule has 3 heteroatoms. The predicted molar refractivity (Wildman–Crippen MR) is 156 cm³/mol. The van der Waals surface area contributed by atoms with Gasteiger partial charge < -0.3 is 9.31 Å². The quantitative estimate of drug-likeness (QED) is 0.220. The van der Waals surface area contributed by atoms with Crippen LogP contribution in [0.3, 0.4) is 0 Å². The Morgan fingerprint density at radius 3 is 2.03 bits per heavy atom. The van der Waals surface area contributed by atoms with E-state index in [1.807, 2.05) is 18.2 Å². The molecule has 37 heavy (non-hydrogen) atoms. The summed E-state index contributed by atoms with van der Waals surface area (Å²) >= 11 is 0. The van der Waals surface area contributed by atoms with Gasteiger partial charge in [0.25, 0.3) is 0 Å². The summed E-state index contributed by atoms with van der Waals surface area (Å²) in [6.45, 7) is 12.9. The third-order valence-electron chi connectivity index (χ3n) is 7.92. The molecule has 1 heterocycles. The molecule has 2 nitrogen and oxygen atoms in total. The van der Waals surface area contributed by atoms with E-state index in [-0.39, 0.29) is 23.7 Å². The first-order valence-corrected chi connectivity index (χ1v) is 13.1. The number of benzene rings is 3. The highest BCUT2D eigenvalue weighted by Crippen LogP contribution is 2.39. The highest BCUT2D eigenvalue weighted by atomic mass is 16.7. The third kappa shape index (κ3) is 5.23. The summed E-state index contributed by atoms with van der Waals surface area (Å²) in [4.78, 5) is 0. The van der Waals surface area contributed by atoms with Crippen molar-refractivity contribution in [1.82, 2.24) is 0 Å². The minimum Gasteiger partial charge on any atom is -0.399 e. The van der Waals surface area contributed by atoms with Crippen LogP contribution in [0.5, 0.6) is 0 Å². The molecule has 0 spiro atoms. The van der Waals surface area contributed by atoms with E-state index in [0.29, 0.717) is 0 Å². The first-order valence-electron chi connectivity index (χ1n) is 13.1. The second-order valence-corrected chi connectivity index (χ2v) is 11.7. The topological polar surface area (TPSA) is 18.5 Å². The normalized spacial score (nSPS) is 19.2. The van der Waals surface area contributed by atoms with Crippen LogP contribution in [0.2, 0.25) is 0 Å². The molecule has 3 aromatic rings. The maximum atomic E-state index is 6.19. The molecule has 186 valence electrons. The van der Waals surface area contributed by atoms with Gasteiger partial charge >= 0.3 is 7.12 Å². The molecule has 0 aromatic heterocycles. The second kappa shape index (κ2) is 9.53. The van der Waals surface area contributed by atoms with Crippen molar-refractivity contribution in [3.8, 4) is 11.8 Å². The van der Waals surface area contributed by atoms with Crippen LogP contribution in [0.4, 0.5) is 0 Å². The van der Waals surface area contributed by atoms with Crippen LogP contribution in [0, 0.1) is 11.8 Å². The Morgan fingerprint density at radius 2 is 1.35 bits per heavy atom. The molecule has 1 aliphatic carbocycles. The van der Waals surface area contributed by atoms with E-state index in [9.17, 15) is 0 Å². The Morgan fingerprint density at radius 1 is 0.730 bits per heavy atom. The molecule has 0 saturated carbocycles. The lowest BCUT2D eigenvalue weighted by Crippen LogP contribution is -2.41. The van der Waals surface area contributed by atoms with Crippen molar-refractivity contribution in [2.45, 2.75) is 64.6 Å². The zero-order chi connectivity index (χ0) is 26.3. The van der Waals surface area contributed by atoms with Crippen molar-refractivity contribution in [2.24, 2.45) is 0 Å². The smallest absolute Gasteiger partial charge is 0.399 e. The zero-order valence-electron chi connectivity index (χ0n) is 22.8. The van der Waals surface area contributed by atoms with Gasteiger partial charge in [-0.15, -0.1) is 0 Å². The van der Waals surface area contributed by atoms with Crippen LogP contribution >= 0.6 is 0 Å². The van der Waals surface area contributed by atoms with Gasteiger partial charge in [-0.3, -0.25) is 0 Å². The van der Waals surface area contributed by atoms with Gasteiger partial charge in [-0.2, -0.15) is 0 Å². The van der Waals surface area contributed by atoms with Crippen molar-refractivity contribution in [3.05, 3.63) is 107 Å². The average molecular weight is 486 g/mol. The molecule has 0 unspecified atom stereocenters. The summed E-state index contributed by atoms with van der Waals surface area (Å²) in [6.07, 6.45) is 7.61. The summed E-state index contributed by atoms with van der Waals surface area (Å²) in [5.74, 6) is 6.78. The Balaban J connectivity index is 1.37. The molecule has 1 saturated heterocycles. The molecule has 0 bridgehead atoms. The van der Waals surface area contributed by atoms with Gasteiger partial charge in [0.2, 0.25) is 0 Å². The van der Waals surface area contributed by atoms with Crippen molar-refractivity contribution < 1.29 is 9.31 Å². The monoisotopic (exact) mass is 486 g/mol. The van der Waals surface area contributed by atoms with E-state index in [2.05, 4.69) is 126 Å². The average Bonchev–Trinajstić information content (AvgIpc) is 3.09. The Labute approximate surface area is 222 Å². The van der Waals surface area contributed by atoms with E-state index in [1.165, 1.54) is 16.7 Å². The highest BCUT2D eigenvalue weighted by molar-refractivity contribution is 6.62. The van der Waals surface area contributed by atoms with Gasteiger partial charge in [0.1, 0.15) is 0 Å². The second-order valence-electron chi connectivity index (χ2n) is 11.7. The van der Waals surface area contributed by atoms with Gasteiger partial charge in [0, 0.05) is 11.1 Å². The van der Waals surface area contributed by atoms with Gasteiger partial charge in [-0.25, -0.2) is 0 Å². The number of allylic oxidation sites excluding steroid dienone is 2. The van der Waals surface area contributed by atoms with E-state index < -0.39 is 0 Å². The van der Waals surface area contributed by atoms with Crippen LogP contribution < -0.4 is 5.46 Å². The lowest BCUT2D eigenvalue weighted by atomic mass is 9.73. The minimum atomic E-state index is -0.339. The van der Waals surface area contributed by atoms with Crippen molar-refractivity contribution in [3.63, 3.8) is 0 Å². The largest absolute Gasteiger partial charge is 0.494 e. The van der Waals surface area contributed by atoms with Crippen LogP contribution in [0.1, 0.15) is 75.8 Å². The number of rotatable bonds is 3. The standard InChI is InChI=1S/C34H35BO2/c1-32(2)23-22-28(18-14-25-10-8-7-9-11-25)30-24-27(17-21-31(30)32)13-12-26-15-19-29(20-16-26)35-36-33(3,4)34(5,6)37-35/h7-13,15-17,19-22,24H,23H2,1-6H3/b13-12+. The number of fused-ring (bicyclic) bond motifs is 1. The molecular formula is C34H35BO2. The number of hydrogen-bond donors (Lipinski definition) is 0. The lowest BCUT2D eigenvalue weighted by Gasteiger charge is -2.32. The van der Waals surface area contributed by atoms with Crippen LogP contribution in [-0.4, -0.2) is 18.3 Å². The Hall–Kier alpha value is -3.32. The van der Waals surface area contributed by atoms with E-state index in [0.717, 1.165) is 28.6 Å². The van der Waals surface area contributed by atoms with Crippen molar-refractivity contribution in [2.75, 3.05) is 0 Å². The fraction of sp³-hybridized carbons (Fsp3) is 0.294. The van der Waals surface area contributed by atoms with Gasteiger partial charge in [-0.1, -0.05) is 98.5 Å². The molecule has 0 radical (unpaired) electrons. The Bertz CT molecular complexity index is 1400. The molecule has 1 aliphatic heterocycles. The van der Waals surface area contributed by atoms with Crippen LogP contribution in [0.15, 0.2) is 78.9 Å². The number of hydrogen-bond acceptors (Lipinski definition) is 2. The third-order valence-corrected chi connectivity index (χ3v) is 7.92. The van der Waals surface area contributed by atoms with E-state index in [1.54, 1.807) is 0 Å². The lowest BCUT2D eigenvalue weighted by molar-refractivity contribution is 0.00578. The highest BCUT2D eigenvalue weighted by Gasteiger charge is 2.51. The fourth-order valence-corrected chi connectivity index (χ4v) is 4.77. The zero-order valence-corrected chi connectivity index (χ0v) is 22.8. The fourth-order valence-electron chi connectivity index (χ4n) is 4.77. The molecule has 1 fully saturated rings. The predicted octanol–water partition coefficient (Wildman–Crippen LogP) is 7.27. The van der Waals surface area contributed by atoms with Crippen LogP contribution in [0.25, 0.3) is 17.7 Å². The summed E-state index contributed by atoms with van der Waals surface area (Å²) in [5.41, 5.74) is 7.50. The van der Waals surface area contributed by atoms with E-state index in [4.69, 9.17) is 9.31 Å². The first-order chi connectivity index (χ1) is 17.5. The molecular weight excluding hydrogens is 451 g/mol. The van der Waals surface area contributed by atoms with Crippen LogP contribution in [-0.2, 0) is 14.7 Å².